The zero-order valence-electron chi connectivity index (χ0n) is 7.22. The molecule has 0 amide bonds. The summed E-state index contributed by atoms with van der Waals surface area (Å²) < 4.78 is 0. The van der Waals surface area contributed by atoms with Gasteiger partial charge in [-0.25, -0.2) is 0 Å². The highest BCUT2D eigenvalue weighted by molar-refractivity contribution is 8.02. The molecule has 66 valence electrons. The van der Waals surface area contributed by atoms with Crippen LogP contribution in [-0.2, 0) is 0 Å². The molecule has 1 rings (SSSR count). The average molecular weight is 201 g/mol. The van der Waals surface area contributed by atoms with E-state index in [9.17, 15) is 0 Å². The van der Waals surface area contributed by atoms with Crippen LogP contribution >= 0.6 is 23.4 Å². The fourth-order valence-electron chi connectivity index (χ4n) is 0.955. The van der Waals surface area contributed by atoms with E-state index in [1.54, 1.807) is 0 Å². The summed E-state index contributed by atoms with van der Waals surface area (Å²) in [6.07, 6.45) is 8.25. The van der Waals surface area contributed by atoms with Crippen molar-refractivity contribution in [3.05, 3.63) is 34.2 Å². The molecule has 0 saturated heterocycles. The van der Waals surface area contributed by atoms with Gasteiger partial charge in [-0.3, -0.25) is 0 Å². The lowest BCUT2D eigenvalue weighted by Crippen LogP contribution is -1.77. The molecule has 0 aliphatic carbocycles. The van der Waals surface area contributed by atoms with Crippen molar-refractivity contribution in [2.75, 3.05) is 5.75 Å². The molecule has 0 bridgehead atoms. The Hall–Kier alpha value is -0.140. The fourth-order valence-corrected chi connectivity index (χ4v) is 1.92. The summed E-state index contributed by atoms with van der Waals surface area (Å²) in [7, 11) is 0. The molecule has 2 heteroatoms. The molecule has 0 atom stereocenters. The first-order chi connectivity index (χ1) is 5.83. The minimum absolute atomic E-state index is 0.858. The highest BCUT2D eigenvalue weighted by Gasteiger charge is 1.95. The van der Waals surface area contributed by atoms with Crippen molar-refractivity contribution < 1.29 is 0 Å². The third-order valence-corrected chi connectivity index (χ3v) is 2.90. The molecule has 0 spiro atoms. The number of halogens is 1. The maximum atomic E-state index is 5.93. The number of hydrogen-bond acceptors (Lipinski definition) is 1. The van der Waals surface area contributed by atoms with E-state index in [0.717, 1.165) is 23.6 Å². The molecule has 0 N–H and O–H groups in total. The molecular weight excluding hydrogens is 188 g/mol. The van der Waals surface area contributed by atoms with Crippen molar-refractivity contribution in [3.8, 4) is 0 Å². The normalized spacial score (nSPS) is 30.2. The van der Waals surface area contributed by atoms with Crippen LogP contribution in [0, 0.1) is 0 Å². The Morgan fingerprint density at radius 2 is 2.42 bits per heavy atom. The molecule has 1 aliphatic rings. The van der Waals surface area contributed by atoms with Crippen LogP contribution in [0.3, 0.4) is 0 Å². The van der Waals surface area contributed by atoms with Gasteiger partial charge in [0, 0.05) is 10.8 Å². The smallest absolute Gasteiger partial charge is 0.0366 e. The minimum Gasteiger partial charge on any atom is -0.130 e. The Bertz CT molecular complexity index is 226. The van der Waals surface area contributed by atoms with E-state index >= 15 is 0 Å². The van der Waals surface area contributed by atoms with Crippen LogP contribution in [-0.4, -0.2) is 5.75 Å². The van der Waals surface area contributed by atoms with Gasteiger partial charge in [-0.1, -0.05) is 36.2 Å². The lowest BCUT2D eigenvalue weighted by atomic mass is 10.1. The second-order valence-corrected chi connectivity index (χ2v) is 4.00. The standard InChI is InChI=1S/C10H13ClS/c1-2-9-5-6-10(11)4-3-7-12-8-9/h3-4,6,8H,2,5,7H2,1H3/b4-3-,9-8-,10-6+. The number of thioether (sulfide) groups is 1. The van der Waals surface area contributed by atoms with Crippen LogP contribution in [0.5, 0.6) is 0 Å². The van der Waals surface area contributed by atoms with E-state index in [1.165, 1.54) is 5.57 Å². The van der Waals surface area contributed by atoms with Gasteiger partial charge in [-0.2, -0.15) is 0 Å². The van der Waals surface area contributed by atoms with Crippen LogP contribution in [0.1, 0.15) is 19.8 Å². The van der Waals surface area contributed by atoms with Crippen LogP contribution < -0.4 is 0 Å². The van der Waals surface area contributed by atoms with E-state index in [0.29, 0.717) is 0 Å². The molecule has 0 radical (unpaired) electrons. The molecule has 0 fully saturated rings. The number of allylic oxidation sites excluding steroid dienone is 4. The molecule has 0 unspecified atom stereocenters. The molecule has 1 aliphatic heterocycles. The lowest BCUT2D eigenvalue weighted by Gasteiger charge is -1.98. The molecule has 1 heterocycles. The maximum Gasteiger partial charge on any atom is 0.0366 e. The van der Waals surface area contributed by atoms with Gasteiger partial charge in [0.15, 0.2) is 0 Å². The average Bonchev–Trinajstić information content (AvgIpc) is 2.17. The van der Waals surface area contributed by atoms with Crippen molar-refractivity contribution >= 4 is 23.4 Å². The van der Waals surface area contributed by atoms with E-state index in [4.69, 9.17) is 11.6 Å². The van der Waals surface area contributed by atoms with Crippen LogP contribution in [0.15, 0.2) is 34.2 Å². The Labute approximate surface area is 83.4 Å². The highest BCUT2D eigenvalue weighted by Crippen LogP contribution is 2.19. The molecule has 0 aromatic heterocycles. The molecule has 0 saturated carbocycles. The highest BCUT2D eigenvalue weighted by atomic mass is 35.5. The van der Waals surface area contributed by atoms with Crippen molar-refractivity contribution in [2.45, 2.75) is 19.8 Å². The summed E-state index contributed by atoms with van der Waals surface area (Å²) in [5, 5.41) is 3.10. The quantitative estimate of drug-likeness (QED) is 0.614. The fraction of sp³-hybridized carbons (Fsp3) is 0.400. The van der Waals surface area contributed by atoms with Crippen LogP contribution in [0.25, 0.3) is 0 Å². The van der Waals surface area contributed by atoms with E-state index in [2.05, 4.69) is 24.5 Å². The van der Waals surface area contributed by atoms with Crippen molar-refractivity contribution in [1.82, 2.24) is 0 Å². The molecule has 12 heavy (non-hydrogen) atoms. The van der Waals surface area contributed by atoms with Crippen molar-refractivity contribution in [1.29, 1.82) is 0 Å². The third-order valence-electron chi connectivity index (χ3n) is 1.73. The van der Waals surface area contributed by atoms with Gasteiger partial charge in [0.25, 0.3) is 0 Å². The Balaban J connectivity index is 2.66. The first-order valence-electron chi connectivity index (χ1n) is 4.14. The summed E-state index contributed by atoms with van der Waals surface area (Å²) in [6, 6.07) is 0. The summed E-state index contributed by atoms with van der Waals surface area (Å²) >= 11 is 7.76. The molecule has 0 nitrogen and oxygen atoms in total. The maximum absolute atomic E-state index is 5.93. The van der Waals surface area contributed by atoms with Crippen LogP contribution in [0.2, 0.25) is 0 Å². The monoisotopic (exact) mass is 200 g/mol. The third kappa shape index (κ3) is 3.51. The van der Waals surface area contributed by atoms with E-state index in [-0.39, 0.29) is 0 Å². The zero-order chi connectivity index (χ0) is 8.81. The largest absolute Gasteiger partial charge is 0.130 e. The van der Waals surface area contributed by atoms with E-state index in [1.807, 2.05) is 17.8 Å². The second-order valence-electron chi connectivity index (χ2n) is 2.66. The molecular formula is C10H13ClS. The van der Waals surface area contributed by atoms with Crippen molar-refractivity contribution in [3.63, 3.8) is 0 Å². The minimum atomic E-state index is 0.858. The first-order valence-corrected chi connectivity index (χ1v) is 5.57. The lowest BCUT2D eigenvalue weighted by molar-refractivity contribution is 1.04. The van der Waals surface area contributed by atoms with Gasteiger partial charge in [0.1, 0.15) is 0 Å². The SMILES string of the molecule is CC/C1=C/SC/C=C\C(Cl)=C/C1. The van der Waals surface area contributed by atoms with Gasteiger partial charge in [-0.05, 0) is 24.3 Å². The van der Waals surface area contributed by atoms with Crippen molar-refractivity contribution in [2.24, 2.45) is 0 Å². The van der Waals surface area contributed by atoms with Gasteiger partial charge >= 0.3 is 0 Å². The first kappa shape index (κ1) is 9.94. The zero-order valence-corrected chi connectivity index (χ0v) is 8.79. The summed E-state index contributed by atoms with van der Waals surface area (Å²) in [5.41, 5.74) is 1.46. The van der Waals surface area contributed by atoms with Gasteiger partial charge in [0.05, 0.1) is 0 Å². The topological polar surface area (TPSA) is 0 Å². The Kier molecular flexibility index (Phi) is 4.55. The summed E-state index contributed by atoms with van der Waals surface area (Å²) in [4.78, 5) is 0. The summed E-state index contributed by atoms with van der Waals surface area (Å²) in [6.45, 7) is 2.18. The molecule has 0 aromatic rings. The Morgan fingerprint density at radius 1 is 1.58 bits per heavy atom. The van der Waals surface area contributed by atoms with Gasteiger partial charge < -0.3 is 0 Å². The Morgan fingerprint density at radius 3 is 3.17 bits per heavy atom. The predicted molar refractivity (Wildman–Crippen MR) is 58.5 cm³/mol. The second kappa shape index (κ2) is 5.50. The van der Waals surface area contributed by atoms with Gasteiger partial charge in [-0.15, -0.1) is 11.8 Å². The van der Waals surface area contributed by atoms with E-state index < -0.39 is 0 Å². The molecule has 0 aromatic carbocycles. The predicted octanol–water partition coefficient (Wildman–Crippen LogP) is 4.10. The van der Waals surface area contributed by atoms with Crippen LogP contribution in [0.4, 0.5) is 0 Å². The number of hydrogen-bond donors (Lipinski definition) is 0. The van der Waals surface area contributed by atoms with Gasteiger partial charge in [0.2, 0.25) is 0 Å². The summed E-state index contributed by atoms with van der Waals surface area (Å²) in [5.74, 6) is 1.02. The number of rotatable bonds is 1.